The predicted molar refractivity (Wildman–Crippen MR) is 99.9 cm³/mol. The molecule has 0 radical (unpaired) electrons. The zero-order valence-corrected chi connectivity index (χ0v) is 16.1. The highest BCUT2D eigenvalue weighted by Gasteiger charge is 2.72. The Hall–Kier alpha value is -1.72. The molecule has 4 fully saturated rings. The minimum atomic E-state index is -0.715. The average molecular weight is 353 g/mol. The summed E-state index contributed by atoms with van der Waals surface area (Å²) in [6, 6.07) is 6.32. The number of piperidine rings is 2. The Morgan fingerprint density at radius 2 is 1.73 bits per heavy atom. The zero-order valence-electron chi connectivity index (χ0n) is 16.1. The Bertz CT molecular complexity index is 830. The van der Waals surface area contributed by atoms with Crippen molar-refractivity contribution < 1.29 is 9.59 Å². The molecule has 138 valence electrons. The van der Waals surface area contributed by atoms with Gasteiger partial charge in [0.05, 0.1) is 16.5 Å². The first-order valence-electron chi connectivity index (χ1n) is 9.73. The molecule has 5 nitrogen and oxygen atoms in total. The largest absolute Gasteiger partial charge is 0.312 e. The first kappa shape index (κ1) is 16.5. The Labute approximate surface area is 154 Å². The molecule has 5 heteroatoms. The van der Waals surface area contributed by atoms with Gasteiger partial charge in [-0.05, 0) is 19.4 Å². The molecule has 26 heavy (non-hydrogen) atoms. The molecule has 0 N–H and O–H groups in total. The topological polar surface area (TPSA) is 43.9 Å². The van der Waals surface area contributed by atoms with E-state index in [9.17, 15) is 9.59 Å². The number of hydrogen-bond donors (Lipinski definition) is 0. The van der Waals surface area contributed by atoms with Crippen molar-refractivity contribution in [1.29, 1.82) is 0 Å². The molecular formula is C21H27N3O2. The molecule has 1 aromatic carbocycles. The summed E-state index contributed by atoms with van der Waals surface area (Å²) < 4.78 is 0. The van der Waals surface area contributed by atoms with Crippen LogP contribution in [0.4, 0.5) is 5.69 Å². The first-order valence-corrected chi connectivity index (χ1v) is 9.73. The van der Waals surface area contributed by atoms with Crippen LogP contribution in [0.1, 0.15) is 37.8 Å². The summed E-state index contributed by atoms with van der Waals surface area (Å²) in [6.45, 7) is 9.12. The number of nitrogens with zero attached hydrogens (tertiary/aromatic N) is 3. The van der Waals surface area contributed by atoms with Crippen LogP contribution in [0.5, 0.6) is 0 Å². The smallest absolute Gasteiger partial charge is 0.267 e. The predicted octanol–water partition coefficient (Wildman–Crippen LogP) is 2.13. The zero-order chi connectivity index (χ0) is 18.5. The molecule has 2 unspecified atom stereocenters. The average Bonchev–Trinajstić information content (AvgIpc) is 2.78. The molecule has 5 aliphatic rings. The molecule has 5 heterocycles. The van der Waals surface area contributed by atoms with Crippen molar-refractivity contribution in [3.63, 3.8) is 0 Å². The van der Waals surface area contributed by atoms with Gasteiger partial charge in [0.25, 0.3) is 5.91 Å². The summed E-state index contributed by atoms with van der Waals surface area (Å²) in [5.41, 5.74) is 1.90. The fraction of sp³-hybridized carbons (Fsp3) is 0.619. The number of carbonyl (C=O) groups excluding carboxylic acids is 2. The number of likely N-dealkylation sites (N-methyl/N-ethyl adjacent to an activating group) is 1. The van der Waals surface area contributed by atoms with Crippen molar-refractivity contribution in [2.45, 2.75) is 39.3 Å². The summed E-state index contributed by atoms with van der Waals surface area (Å²) in [5, 5.41) is 0. The number of hydrogen-bond acceptors (Lipinski definition) is 4. The summed E-state index contributed by atoms with van der Waals surface area (Å²) in [7, 11) is 1.88. The van der Waals surface area contributed by atoms with Crippen LogP contribution < -0.4 is 4.90 Å². The van der Waals surface area contributed by atoms with Crippen LogP contribution in [0.25, 0.3) is 0 Å². The fourth-order valence-corrected chi connectivity index (χ4v) is 6.41. The summed E-state index contributed by atoms with van der Waals surface area (Å²) >= 11 is 0. The molecule has 4 bridgehead atoms. The van der Waals surface area contributed by atoms with Crippen LogP contribution in [0.2, 0.25) is 0 Å². The lowest BCUT2D eigenvalue weighted by atomic mass is 9.58. The van der Waals surface area contributed by atoms with Crippen molar-refractivity contribution in [3.8, 4) is 0 Å². The van der Waals surface area contributed by atoms with E-state index in [0.29, 0.717) is 32.0 Å². The lowest BCUT2D eigenvalue weighted by Crippen LogP contribution is -2.83. The maximum absolute atomic E-state index is 13.6. The van der Waals surface area contributed by atoms with Crippen molar-refractivity contribution in [1.82, 2.24) is 9.80 Å². The van der Waals surface area contributed by atoms with Crippen LogP contribution in [0.3, 0.4) is 0 Å². The molecule has 0 aromatic heterocycles. The van der Waals surface area contributed by atoms with Crippen molar-refractivity contribution >= 4 is 17.4 Å². The second-order valence-electron chi connectivity index (χ2n) is 9.19. The number of benzene rings is 1. The second-order valence-corrected chi connectivity index (χ2v) is 9.19. The monoisotopic (exact) mass is 353 g/mol. The molecule has 1 spiro atoms. The second kappa shape index (κ2) is 4.76. The van der Waals surface area contributed by atoms with Gasteiger partial charge in [0.2, 0.25) is 0 Å². The Morgan fingerprint density at radius 1 is 1.08 bits per heavy atom. The van der Waals surface area contributed by atoms with Crippen LogP contribution >= 0.6 is 0 Å². The molecule has 1 amide bonds. The van der Waals surface area contributed by atoms with Crippen LogP contribution in [-0.2, 0) is 15.3 Å². The number of Topliss-reactive ketones (excluding diaryl/α,β-unsaturated/α-hetero) is 1. The minimum Gasteiger partial charge on any atom is -0.312 e. The van der Waals surface area contributed by atoms with Gasteiger partial charge >= 0.3 is 0 Å². The third-order valence-corrected chi connectivity index (χ3v) is 7.23. The van der Waals surface area contributed by atoms with Crippen molar-refractivity contribution in [2.24, 2.45) is 10.8 Å². The van der Waals surface area contributed by atoms with Gasteiger partial charge in [0.15, 0.2) is 5.66 Å². The maximum atomic E-state index is 13.6. The van der Waals surface area contributed by atoms with Gasteiger partial charge in [-0.25, -0.2) is 0 Å². The first-order chi connectivity index (χ1) is 12.3. The highest BCUT2D eigenvalue weighted by Crippen LogP contribution is 2.59. The van der Waals surface area contributed by atoms with Gasteiger partial charge < -0.3 is 4.90 Å². The summed E-state index contributed by atoms with van der Waals surface area (Å²) in [6.07, 6.45) is 1.91. The normalized spacial score (nSPS) is 42.8. The number of fused-ring (bicyclic) bond motifs is 1. The highest BCUT2D eigenvalue weighted by atomic mass is 16.2. The van der Waals surface area contributed by atoms with E-state index >= 15 is 0 Å². The molecule has 0 saturated carbocycles. The molecule has 2 atom stereocenters. The molecule has 0 aliphatic carbocycles. The van der Waals surface area contributed by atoms with Crippen molar-refractivity contribution in [2.75, 3.05) is 38.1 Å². The lowest BCUT2D eigenvalue weighted by Gasteiger charge is -2.68. The van der Waals surface area contributed by atoms with Crippen molar-refractivity contribution in [3.05, 3.63) is 29.3 Å². The standard InChI is InChI=1S/C21H27N3O2/c1-5-8-20-12-23-10-19(3,17(20)25)11-24(13-20)21(23)15-9-14(2)6-7-16(15)22(4)18(21)26/h6-7,9H,5,8,10-13H2,1-4H3. The summed E-state index contributed by atoms with van der Waals surface area (Å²) in [5.74, 6) is 0.567. The van der Waals surface area contributed by atoms with Gasteiger partial charge in [-0.15, -0.1) is 0 Å². The fourth-order valence-electron chi connectivity index (χ4n) is 6.41. The highest BCUT2D eigenvalue weighted by molar-refractivity contribution is 6.08. The van der Waals surface area contributed by atoms with E-state index in [2.05, 4.69) is 48.8 Å². The molecule has 1 aromatic rings. The van der Waals surface area contributed by atoms with Crippen LogP contribution in [0, 0.1) is 17.8 Å². The van der Waals surface area contributed by atoms with Crippen LogP contribution in [0.15, 0.2) is 18.2 Å². The molecule has 5 aliphatic heterocycles. The van der Waals surface area contributed by atoms with E-state index in [1.54, 1.807) is 0 Å². The quantitative estimate of drug-likeness (QED) is 0.817. The molecule has 4 saturated heterocycles. The van der Waals surface area contributed by atoms with E-state index in [0.717, 1.165) is 24.1 Å². The van der Waals surface area contributed by atoms with Gasteiger partial charge in [-0.2, -0.15) is 0 Å². The third kappa shape index (κ3) is 1.61. The van der Waals surface area contributed by atoms with E-state index in [-0.39, 0.29) is 16.7 Å². The van der Waals surface area contributed by atoms with E-state index in [1.807, 2.05) is 11.9 Å². The number of ketones is 1. The maximum Gasteiger partial charge on any atom is 0.267 e. The Balaban J connectivity index is 1.72. The number of carbonyl (C=O) groups is 2. The number of aryl methyl sites for hydroxylation is 1. The number of rotatable bonds is 2. The molecule has 6 rings (SSSR count). The SMILES string of the molecule is CCCC12CN3CC(C)(CN(C1)C31C(=O)N(C)c3ccc(C)cc31)C2=O. The number of anilines is 1. The van der Waals surface area contributed by atoms with Crippen LogP contribution in [-0.4, -0.2) is 54.7 Å². The van der Waals surface area contributed by atoms with Gasteiger partial charge in [-0.3, -0.25) is 19.4 Å². The lowest BCUT2D eigenvalue weighted by molar-refractivity contribution is -0.231. The van der Waals surface area contributed by atoms with Gasteiger partial charge in [-0.1, -0.05) is 38.0 Å². The van der Waals surface area contributed by atoms with E-state index in [4.69, 9.17) is 0 Å². The Morgan fingerprint density at radius 3 is 2.35 bits per heavy atom. The number of amides is 1. The third-order valence-electron chi connectivity index (χ3n) is 7.23. The van der Waals surface area contributed by atoms with E-state index < -0.39 is 5.66 Å². The Kier molecular flexibility index (Phi) is 3.01. The minimum absolute atomic E-state index is 0.139. The van der Waals surface area contributed by atoms with Gasteiger partial charge in [0, 0.05) is 38.8 Å². The van der Waals surface area contributed by atoms with E-state index in [1.165, 1.54) is 5.56 Å². The van der Waals surface area contributed by atoms with Gasteiger partial charge in [0.1, 0.15) is 5.78 Å². The molecular weight excluding hydrogens is 326 g/mol. The summed E-state index contributed by atoms with van der Waals surface area (Å²) in [4.78, 5) is 33.4.